The maximum absolute atomic E-state index is 12.7. The first-order valence-corrected chi connectivity index (χ1v) is 7.99. The lowest BCUT2D eigenvalue weighted by Gasteiger charge is -2.21. The second-order valence-electron chi connectivity index (χ2n) is 5.43. The summed E-state index contributed by atoms with van der Waals surface area (Å²) in [5, 5.41) is 11.0. The minimum atomic E-state index is -0.604. The van der Waals surface area contributed by atoms with Crippen LogP contribution in [0, 0.1) is 10.1 Å². The number of carbonyl (C=O) groups excluding carboxylic acids is 1. The molecular weight excluding hydrogens is 348 g/mol. The van der Waals surface area contributed by atoms with Gasteiger partial charge >= 0.3 is 0 Å². The third-order valence-corrected chi connectivity index (χ3v) is 4.19. The van der Waals surface area contributed by atoms with Gasteiger partial charge in [0.05, 0.1) is 4.92 Å². The smallest absolute Gasteiger partial charge is 0.288 e. The van der Waals surface area contributed by atoms with Crippen LogP contribution in [0.3, 0.4) is 0 Å². The predicted octanol–water partition coefficient (Wildman–Crippen LogP) is 3.64. The van der Waals surface area contributed by atoms with Gasteiger partial charge in [0.25, 0.3) is 11.6 Å². The summed E-state index contributed by atoms with van der Waals surface area (Å²) < 4.78 is 10.6. The Bertz CT molecular complexity index is 840. The van der Waals surface area contributed by atoms with Crippen molar-refractivity contribution in [1.29, 1.82) is 0 Å². The lowest BCUT2D eigenvalue weighted by atomic mass is 10.1. The summed E-state index contributed by atoms with van der Waals surface area (Å²) in [6.45, 7) is 2.82. The summed E-state index contributed by atoms with van der Waals surface area (Å²) in [7, 11) is 0. The molecule has 1 aliphatic rings. The number of amides is 1. The maximum atomic E-state index is 12.7. The van der Waals surface area contributed by atoms with Gasteiger partial charge in [-0.1, -0.05) is 17.7 Å². The maximum Gasteiger partial charge on any atom is 0.288 e. The van der Waals surface area contributed by atoms with Crippen molar-refractivity contribution >= 4 is 23.2 Å². The van der Waals surface area contributed by atoms with E-state index in [9.17, 15) is 14.9 Å². The Morgan fingerprint density at radius 2 is 2.00 bits per heavy atom. The number of fused-ring (bicyclic) bond motifs is 1. The SMILES string of the molecule is CCN(Cc1ccc2c(c1)OCO2)C(=O)c1ccc(Cl)c([N+](=O)[O-])c1. The molecule has 1 aliphatic heterocycles. The monoisotopic (exact) mass is 362 g/mol. The van der Waals surface area contributed by atoms with Crippen LogP contribution in [0.15, 0.2) is 36.4 Å². The van der Waals surface area contributed by atoms with Crippen molar-refractivity contribution in [3.05, 3.63) is 62.7 Å². The molecule has 0 radical (unpaired) electrons. The average molecular weight is 363 g/mol. The number of nitro groups is 1. The number of rotatable bonds is 5. The van der Waals surface area contributed by atoms with Gasteiger partial charge in [0.1, 0.15) is 5.02 Å². The van der Waals surface area contributed by atoms with Gasteiger partial charge in [-0.3, -0.25) is 14.9 Å². The quantitative estimate of drug-likeness (QED) is 0.599. The molecule has 0 unspecified atom stereocenters. The first-order chi connectivity index (χ1) is 12.0. The zero-order valence-electron chi connectivity index (χ0n) is 13.4. The van der Waals surface area contributed by atoms with Crippen LogP contribution in [0.5, 0.6) is 11.5 Å². The van der Waals surface area contributed by atoms with E-state index in [0.29, 0.717) is 24.6 Å². The molecule has 8 heteroatoms. The zero-order chi connectivity index (χ0) is 18.0. The molecule has 0 aliphatic carbocycles. The average Bonchev–Trinajstić information content (AvgIpc) is 3.07. The van der Waals surface area contributed by atoms with Crippen molar-refractivity contribution in [1.82, 2.24) is 4.90 Å². The molecule has 0 atom stereocenters. The molecule has 2 aromatic carbocycles. The topological polar surface area (TPSA) is 81.9 Å². The van der Waals surface area contributed by atoms with Gasteiger partial charge in [-0.2, -0.15) is 0 Å². The Balaban J connectivity index is 1.82. The summed E-state index contributed by atoms with van der Waals surface area (Å²) >= 11 is 5.80. The third kappa shape index (κ3) is 3.51. The van der Waals surface area contributed by atoms with E-state index in [1.165, 1.54) is 18.2 Å². The highest BCUT2D eigenvalue weighted by Crippen LogP contribution is 2.33. The molecule has 7 nitrogen and oxygen atoms in total. The fourth-order valence-corrected chi connectivity index (χ4v) is 2.74. The zero-order valence-corrected chi connectivity index (χ0v) is 14.2. The summed E-state index contributed by atoms with van der Waals surface area (Å²) in [5.74, 6) is 1.01. The highest BCUT2D eigenvalue weighted by Gasteiger charge is 2.21. The van der Waals surface area contributed by atoms with E-state index in [0.717, 1.165) is 5.56 Å². The van der Waals surface area contributed by atoms with Crippen LogP contribution in [-0.2, 0) is 6.54 Å². The van der Waals surface area contributed by atoms with Crippen molar-refractivity contribution in [2.45, 2.75) is 13.5 Å². The molecular formula is C17H15ClN2O5. The highest BCUT2D eigenvalue weighted by molar-refractivity contribution is 6.32. The fourth-order valence-electron chi connectivity index (χ4n) is 2.56. The van der Waals surface area contributed by atoms with E-state index in [4.69, 9.17) is 21.1 Å². The molecule has 3 rings (SSSR count). The second-order valence-corrected chi connectivity index (χ2v) is 5.84. The largest absolute Gasteiger partial charge is 0.454 e. The van der Waals surface area contributed by atoms with E-state index < -0.39 is 4.92 Å². The first-order valence-electron chi connectivity index (χ1n) is 7.61. The van der Waals surface area contributed by atoms with Crippen molar-refractivity contribution in [3.8, 4) is 11.5 Å². The lowest BCUT2D eigenvalue weighted by Crippen LogP contribution is -2.30. The normalized spacial score (nSPS) is 12.1. The van der Waals surface area contributed by atoms with Crippen LogP contribution in [-0.4, -0.2) is 29.1 Å². The van der Waals surface area contributed by atoms with Crippen LogP contribution >= 0.6 is 11.6 Å². The van der Waals surface area contributed by atoms with E-state index in [1.54, 1.807) is 11.0 Å². The molecule has 2 aromatic rings. The Kier molecular flexibility index (Phi) is 4.76. The standard InChI is InChI=1S/C17H15ClN2O5/c1-2-19(9-11-3-6-15-16(7-11)25-10-24-15)17(21)12-4-5-13(18)14(8-12)20(22)23/h3-8H,2,9-10H2,1H3. The van der Waals surface area contributed by atoms with Gasteiger partial charge in [0.15, 0.2) is 11.5 Å². The molecule has 0 fully saturated rings. The summed E-state index contributed by atoms with van der Waals surface area (Å²) in [4.78, 5) is 24.7. The van der Waals surface area contributed by atoms with Crippen LogP contribution in [0.4, 0.5) is 5.69 Å². The molecule has 1 amide bonds. The van der Waals surface area contributed by atoms with E-state index >= 15 is 0 Å². The van der Waals surface area contributed by atoms with Gasteiger partial charge in [0, 0.05) is 24.7 Å². The Hall–Kier alpha value is -2.80. The number of ether oxygens (including phenoxy) is 2. The first kappa shape index (κ1) is 17.0. The summed E-state index contributed by atoms with van der Waals surface area (Å²) in [6, 6.07) is 9.52. The van der Waals surface area contributed by atoms with Gasteiger partial charge in [-0.15, -0.1) is 0 Å². The van der Waals surface area contributed by atoms with Crippen molar-refractivity contribution in [2.75, 3.05) is 13.3 Å². The van der Waals surface area contributed by atoms with Crippen LogP contribution in [0.1, 0.15) is 22.8 Å². The molecule has 0 aromatic heterocycles. The number of carbonyl (C=O) groups is 1. The van der Waals surface area contributed by atoms with Gasteiger partial charge in [-0.25, -0.2) is 0 Å². The van der Waals surface area contributed by atoms with E-state index in [-0.39, 0.29) is 29.0 Å². The number of hydrogen-bond acceptors (Lipinski definition) is 5. The second kappa shape index (κ2) is 6.98. The van der Waals surface area contributed by atoms with Crippen LogP contribution in [0.25, 0.3) is 0 Å². The Morgan fingerprint density at radius 1 is 1.24 bits per heavy atom. The van der Waals surface area contributed by atoms with E-state index in [1.807, 2.05) is 19.1 Å². The third-order valence-electron chi connectivity index (χ3n) is 3.87. The number of nitrogens with zero attached hydrogens (tertiary/aromatic N) is 2. The van der Waals surface area contributed by atoms with E-state index in [2.05, 4.69) is 0 Å². The summed E-state index contributed by atoms with van der Waals surface area (Å²) in [6.07, 6.45) is 0. The molecule has 0 N–H and O–H groups in total. The molecule has 0 saturated heterocycles. The minimum absolute atomic E-state index is 0.000342. The Labute approximate surface area is 148 Å². The van der Waals surface area contributed by atoms with Crippen molar-refractivity contribution in [2.24, 2.45) is 0 Å². The van der Waals surface area contributed by atoms with Crippen LogP contribution in [0.2, 0.25) is 5.02 Å². The molecule has 0 saturated carbocycles. The van der Waals surface area contributed by atoms with Gasteiger partial charge in [-0.05, 0) is 36.8 Å². The highest BCUT2D eigenvalue weighted by atomic mass is 35.5. The van der Waals surface area contributed by atoms with Crippen molar-refractivity contribution < 1.29 is 19.2 Å². The number of halogens is 1. The predicted molar refractivity (Wildman–Crippen MR) is 91.1 cm³/mol. The molecule has 25 heavy (non-hydrogen) atoms. The minimum Gasteiger partial charge on any atom is -0.454 e. The fraction of sp³-hybridized carbons (Fsp3) is 0.235. The molecule has 0 bridgehead atoms. The van der Waals surface area contributed by atoms with Gasteiger partial charge in [0.2, 0.25) is 6.79 Å². The summed E-state index contributed by atoms with van der Waals surface area (Å²) in [5.41, 5.74) is 0.813. The molecule has 0 spiro atoms. The number of hydrogen-bond donors (Lipinski definition) is 0. The number of nitro benzene ring substituents is 1. The van der Waals surface area contributed by atoms with Crippen molar-refractivity contribution in [3.63, 3.8) is 0 Å². The molecule has 130 valence electrons. The van der Waals surface area contributed by atoms with Crippen LogP contribution < -0.4 is 9.47 Å². The molecule has 1 heterocycles. The number of benzene rings is 2. The Morgan fingerprint density at radius 3 is 2.72 bits per heavy atom. The van der Waals surface area contributed by atoms with Gasteiger partial charge < -0.3 is 14.4 Å². The lowest BCUT2D eigenvalue weighted by molar-refractivity contribution is -0.384.